The Balaban J connectivity index is 2.55. The average Bonchev–Trinajstić information content (AvgIpc) is 2.27. The molecule has 2 N–H and O–H groups in total. The monoisotopic (exact) mass is 209 g/mol. The Morgan fingerprint density at radius 2 is 2.00 bits per heavy atom. The van der Waals surface area contributed by atoms with Crippen molar-refractivity contribution in [3.63, 3.8) is 0 Å². The Bertz CT molecular complexity index is 271. The van der Waals surface area contributed by atoms with Crippen LogP contribution in [-0.2, 0) is 11.2 Å². The lowest BCUT2D eigenvalue weighted by Gasteiger charge is -2.10. The Morgan fingerprint density at radius 3 is 2.53 bits per heavy atom. The summed E-state index contributed by atoms with van der Waals surface area (Å²) in [4.78, 5) is 0. The van der Waals surface area contributed by atoms with Crippen molar-refractivity contribution in [1.29, 1.82) is 0 Å². The van der Waals surface area contributed by atoms with Crippen molar-refractivity contribution in [3.8, 4) is 0 Å². The highest BCUT2D eigenvalue weighted by Crippen LogP contribution is 2.13. The molecule has 0 heterocycles. The smallest absolute Gasteiger partial charge is 0.0914 e. The van der Waals surface area contributed by atoms with Gasteiger partial charge in [-0.25, -0.2) is 0 Å². The molecule has 1 unspecified atom stereocenters. The molecule has 0 saturated heterocycles. The van der Waals surface area contributed by atoms with E-state index in [1.54, 1.807) is 7.11 Å². The largest absolute Gasteiger partial charge is 0.387 e. The molecule has 0 aliphatic carbocycles. The molecule has 0 saturated carbocycles. The molecule has 3 heteroatoms. The zero-order valence-corrected chi connectivity index (χ0v) is 9.36. The van der Waals surface area contributed by atoms with Crippen molar-refractivity contribution < 1.29 is 9.84 Å². The summed E-state index contributed by atoms with van der Waals surface area (Å²) in [5.41, 5.74) is 2.18. The number of aliphatic hydroxyl groups is 1. The molecule has 0 aliphatic rings. The van der Waals surface area contributed by atoms with Crippen LogP contribution in [0.25, 0.3) is 0 Å². The van der Waals surface area contributed by atoms with Crippen molar-refractivity contribution in [2.75, 3.05) is 27.3 Å². The van der Waals surface area contributed by atoms with Gasteiger partial charge in [0.05, 0.1) is 12.7 Å². The van der Waals surface area contributed by atoms with E-state index in [1.165, 1.54) is 5.56 Å². The van der Waals surface area contributed by atoms with Crippen LogP contribution in [0.1, 0.15) is 17.2 Å². The highest BCUT2D eigenvalue weighted by molar-refractivity contribution is 5.24. The van der Waals surface area contributed by atoms with Gasteiger partial charge in [-0.1, -0.05) is 24.3 Å². The van der Waals surface area contributed by atoms with Gasteiger partial charge in [0.2, 0.25) is 0 Å². The van der Waals surface area contributed by atoms with Gasteiger partial charge >= 0.3 is 0 Å². The van der Waals surface area contributed by atoms with Crippen molar-refractivity contribution in [2.24, 2.45) is 0 Å². The number of nitrogens with one attached hydrogen (secondary N) is 1. The third kappa shape index (κ3) is 4.00. The highest BCUT2D eigenvalue weighted by Gasteiger charge is 2.05. The van der Waals surface area contributed by atoms with Crippen LogP contribution in [0.2, 0.25) is 0 Å². The first-order valence-corrected chi connectivity index (χ1v) is 5.18. The van der Waals surface area contributed by atoms with Crippen molar-refractivity contribution in [3.05, 3.63) is 35.4 Å². The van der Waals surface area contributed by atoms with Crippen LogP contribution in [-0.4, -0.2) is 32.4 Å². The second-order valence-corrected chi connectivity index (χ2v) is 3.56. The number of benzene rings is 1. The summed E-state index contributed by atoms with van der Waals surface area (Å²) < 4.78 is 5.00. The SMILES string of the molecule is CNCC(O)c1ccc(CCOC)cc1. The number of likely N-dealkylation sites (N-methyl/N-ethyl adjacent to an activating group) is 1. The third-order valence-electron chi connectivity index (χ3n) is 2.36. The molecule has 0 aromatic heterocycles. The van der Waals surface area contributed by atoms with Crippen molar-refractivity contribution in [2.45, 2.75) is 12.5 Å². The lowest BCUT2D eigenvalue weighted by molar-refractivity contribution is 0.177. The maximum Gasteiger partial charge on any atom is 0.0914 e. The summed E-state index contributed by atoms with van der Waals surface area (Å²) in [5, 5.41) is 12.6. The van der Waals surface area contributed by atoms with E-state index in [1.807, 2.05) is 31.3 Å². The van der Waals surface area contributed by atoms with E-state index in [-0.39, 0.29) is 0 Å². The molecule has 1 atom stereocenters. The van der Waals surface area contributed by atoms with Crippen LogP contribution < -0.4 is 5.32 Å². The van der Waals surface area contributed by atoms with Crippen LogP contribution >= 0.6 is 0 Å². The average molecular weight is 209 g/mol. The summed E-state index contributed by atoms with van der Waals surface area (Å²) in [7, 11) is 3.53. The van der Waals surface area contributed by atoms with E-state index >= 15 is 0 Å². The second-order valence-electron chi connectivity index (χ2n) is 3.56. The number of rotatable bonds is 6. The van der Waals surface area contributed by atoms with Crippen molar-refractivity contribution >= 4 is 0 Å². The van der Waals surface area contributed by atoms with E-state index in [0.29, 0.717) is 6.54 Å². The number of methoxy groups -OCH3 is 1. The molecule has 15 heavy (non-hydrogen) atoms. The fourth-order valence-corrected chi connectivity index (χ4v) is 1.44. The fourth-order valence-electron chi connectivity index (χ4n) is 1.44. The highest BCUT2D eigenvalue weighted by atomic mass is 16.5. The molecule has 0 amide bonds. The van der Waals surface area contributed by atoms with E-state index in [2.05, 4.69) is 5.32 Å². The number of hydrogen-bond donors (Lipinski definition) is 2. The first-order chi connectivity index (χ1) is 7.27. The van der Waals surface area contributed by atoms with Gasteiger partial charge in [0.15, 0.2) is 0 Å². The molecule has 1 aromatic carbocycles. The lowest BCUT2D eigenvalue weighted by Crippen LogP contribution is -2.16. The van der Waals surface area contributed by atoms with Gasteiger partial charge in [-0.2, -0.15) is 0 Å². The van der Waals surface area contributed by atoms with E-state index in [9.17, 15) is 5.11 Å². The molecule has 0 aliphatic heterocycles. The van der Waals surface area contributed by atoms with Gasteiger partial charge in [-0.15, -0.1) is 0 Å². The second kappa shape index (κ2) is 6.56. The maximum absolute atomic E-state index is 9.70. The van der Waals surface area contributed by atoms with Crippen LogP contribution in [0.3, 0.4) is 0 Å². The zero-order chi connectivity index (χ0) is 11.1. The molecule has 0 fully saturated rings. The Morgan fingerprint density at radius 1 is 1.33 bits per heavy atom. The summed E-state index contributed by atoms with van der Waals surface area (Å²) in [5.74, 6) is 0. The van der Waals surface area contributed by atoms with Crippen LogP contribution in [0.5, 0.6) is 0 Å². The molecule has 0 bridgehead atoms. The molecule has 1 aromatic rings. The minimum absolute atomic E-state index is 0.425. The Hall–Kier alpha value is -0.900. The van der Waals surface area contributed by atoms with E-state index < -0.39 is 6.10 Å². The first kappa shape index (κ1) is 12.2. The summed E-state index contributed by atoms with van der Waals surface area (Å²) in [6, 6.07) is 8.00. The molecular weight excluding hydrogens is 190 g/mol. The molecular formula is C12H19NO2. The number of aliphatic hydroxyl groups excluding tert-OH is 1. The van der Waals surface area contributed by atoms with Crippen LogP contribution in [0, 0.1) is 0 Å². The van der Waals surface area contributed by atoms with Gasteiger partial charge in [-0.05, 0) is 24.6 Å². The quantitative estimate of drug-likeness (QED) is 0.738. The predicted molar refractivity (Wildman–Crippen MR) is 60.9 cm³/mol. The summed E-state index contributed by atoms with van der Waals surface area (Å²) in [6.45, 7) is 1.32. The summed E-state index contributed by atoms with van der Waals surface area (Å²) in [6.07, 6.45) is 0.491. The molecule has 0 radical (unpaired) electrons. The fraction of sp³-hybridized carbons (Fsp3) is 0.500. The van der Waals surface area contributed by atoms with E-state index in [0.717, 1.165) is 18.6 Å². The standard InChI is InChI=1S/C12H19NO2/c1-13-9-12(14)11-5-3-10(4-6-11)7-8-15-2/h3-6,12-14H,7-9H2,1-2H3. The number of ether oxygens (including phenoxy) is 1. The molecule has 84 valence electrons. The molecule has 3 nitrogen and oxygen atoms in total. The van der Waals surface area contributed by atoms with E-state index in [4.69, 9.17) is 4.74 Å². The van der Waals surface area contributed by atoms with Gasteiger partial charge in [-0.3, -0.25) is 0 Å². The minimum Gasteiger partial charge on any atom is -0.387 e. The topological polar surface area (TPSA) is 41.5 Å². The zero-order valence-electron chi connectivity index (χ0n) is 9.36. The predicted octanol–water partition coefficient (Wildman–Crippen LogP) is 1.13. The first-order valence-electron chi connectivity index (χ1n) is 5.18. The summed E-state index contributed by atoms with van der Waals surface area (Å²) >= 11 is 0. The van der Waals surface area contributed by atoms with Gasteiger partial charge in [0.1, 0.15) is 0 Å². The minimum atomic E-state index is -0.425. The third-order valence-corrected chi connectivity index (χ3v) is 2.36. The van der Waals surface area contributed by atoms with Crippen molar-refractivity contribution in [1.82, 2.24) is 5.32 Å². The molecule has 1 rings (SSSR count). The Labute approximate surface area is 91.1 Å². The van der Waals surface area contributed by atoms with Gasteiger partial charge < -0.3 is 15.2 Å². The maximum atomic E-state index is 9.70. The van der Waals surface area contributed by atoms with Crippen LogP contribution in [0.4, 0.5) is 0 Å². The normalized spacial score (nSPS) is 12.7. The Kier molecular flexibility index (Phi) is 5.32. The molecule has 0 spiro atoms. The van der Waals surface area contributed by atoms with Crippen LogP contribution in [0.15, 0.2) is 24.3 Å². The lowest BCUT2D eigenvalue weighted by atomic mass is 10.1. The van der Waals surface area contributed by atoms with Gasteiger partial charge in [0, 0.05) is 13.7 Å². The van der Waals surface area contributed by atoms with Gasteiger partial charge in [0.25, 0.3) is 0 Å². The number of hydrogen-bond acceptors (Lipinski definition) is 3.